The highest BCUT2D eigenvalue weighted by Gasteiger charge is 2.10. The van der Waals surface area contributed by atoms with Crippen LogP contribution >= 0.6 is 0 Å². The fraction of sp³-hybridized carbons (Fsp3) is 0.800. The van der Waals surface area contributed by atoms with Gasteiger partial charge in [0.2, 0.25) is 0 Å². The number of ketones is 1. The van der Waals surface area contributed by atoms with Crippen LogP contribution in [-0.4, -0.2) is 47.8 Å². The van der Waals surface area contributed by atoms with Crippen LogP contribution in [0.2, 0.25) is 0 Å². The van der Waals surface area contributed by atoms with Crippen LogP contribution in [0.5, 0.6) is 0 Å². The van der Waals surface area contributed by atoms with Crippen molar-refractivity contribution < 1.29 is 23.3 Å². The van der Waals surface area contributed by atoms with Crippen LogP contribution in [0.1, 0.15) is 19.8 Å². The van der Waals surface area contributed by atoms with Crippen LogP contribution in [-0.2, 0) is 29.9 Å². The first-order valence-corrected chi connectivity index (χ1v) is 6.60. The summed E-state index contributed by atoms with van der Waals surface area (Å²) in [5.41, 5.74) is 0. The summed E-state index contributed by atoms with van der Waals surface area (Å²) in [4.78, 5) is 22.2. The van der Waals surface area contributed by atoms with Gasteiger partial charge in [-0.25, -0.2) is 0 Å². The van der Waals surface area contributed by atoms with Crippen LogP contribution in [0.15, 0.2) is 0 Å². The van der Waals surface area contributed by atoms with E-state index >= 15 is 0 Å². The lowest BCUT2D eigenvalue weighted by molar-refractivity contribution is -0.144. The molecule has 0 aromatic rings. The van der Waals surface area contributed by atoms with Crippen molar-refractivity contribution in [1.82, 2.24) is 0 Å². The van der Waals surface area contributed by atoms with Gasteiger partial charge < -0.3 is 9.47 Å². The molecule has 1 atom stereocenters. The maximum atomic E-state index is 11.3. The Kier molecular flexibility index (Phi) is 9.03. The molecule has 0 saturated heterocycles. The predicted octanol–water partition coefficient (Wildman–Crippen LogP) is 0.294. The van der Waals surface area contributed by atoms with Crippen LogP contribution in [0, 0.1) is 0 Å². The van der Waals surface area contributed by atoms with Gasteiger partial charge in [-0.3, -0.25) is 13.8 Å². The molecule has 0 amide bonds. The molecule has 0 aliphatic rings. The summed E-state index contributed by atoms with van der Waals surface area (Å²) in [7, 11) is 0.319. The van der Waals surface area contributed by atoms with Crippen LogP contribution in [0.3, 0.4) is 0 Å². The zero-order valence-electron chi connectivity index (χ0n) is 9.69. The van der Waals surface area contributed by atoms with Crippen molar-refractivity contribution >= 4 is 22.6 Å². The van der Waals surface area contributed by atoms with E-state index in [1.807, 2.05) is 0 Å². The average molecular weight is 250 g/mol. The molecule has 0 heterocycles. The van der Waals surface area contributed by atoms with Gasteiger partial charge in [0.15, 0.2) is 0 Å². The molecule has 0 aliphatic carbocycles. The Morgan fingerprint density at radius 3 is 2.50 bits per heavy atom. The molecule has 0 aliphatic heterocycles. The Balaban J connectivity index is 3.65. The van der Waals surface area contributed by atoms with Crippen molar-refractivity contribution in [3.05, 3.63) is 0 Å². The Morgan fingerprint density at radius 1 is 1.25 bits per heavy atom. The smallest absolute Gasteiger partial charge is 0.306 e. The number of rotatable bonds is 9. The second kappa shape index (κ2) is 9.47. The number of hydrogen-bond acceptors (Lipinski definition) is 5. The predicted molar refractivity (Wildman–Crippen MR) is 60.6 cm³/mol. The number of methoxy groups -OCH3 is 1. The summed E-state index contributed by atoms with van der Waals surface area (Å²) in [6.07, 6.45) is 0.158. The molecular weight excluding hydrogens is 232 g/mol. The normalized spacial score (nSPS) is 12.1. The number of ether oxygens (including phenoxy) is 2. The molecule has 5 nitrogen and oxygen atoms in total. The summed E-state index contributed by atoms with van der Waals surface area (Å²) in [6.45, 7) is 2.39. The second-order valence-corrected chi connectivity index (χ2v) is 4.70. The molecule has 16 heavy (non-hydrogen) atoms. The molecule has 0 bridgehead atoms. The number of carbonyl (C=O) groups is 2. The lowest BCUT2D eigenvalue weighted by Crippen LogP contribution is -2.16. The van der Waals surface area contributed by atoms with E-state index < -0.39 is 16.8 Å². The lowest BCUT2D eigenvalue weighted by atomic mass is 10.2. The van der Waals surface area contributed by atoms with Crippen LogP contribution < -0.4 is 0 Å². The van der Waals surface area contributed by atoms with Gasteiger partial charge in [0.05, 0.1) is 25.4 Å². The third kappa shape index (κ3) is 8.55. The standard InChI is InChI=1S/C10H18O5S/c1-3-15-10(12)5-4-9(11)8-16(13)7-6-14-2/h3-8H2,1-2H3. The van der Waals surface area contributed by atoms with E-state index in [1.165, 1.54) is 7.11 Å². The minimum absolute atomic E-state index is 0.0111. The van der Waals surface area contributed by atoms with Crippen molar-refractivity contribution in [2.75, 3.05) is 31.8 Å². The Bertz CT molecular complexity index is 252. The lowest BCUT2D eigenvalue weighted by Gasteiger charge is -2.02. The summed E-state index contributed by atoms with van der Waals surface area (Å²) in [5.74, 6) is -0.231. The number of Topliss-reactive ketones (excluding diaryl/α,β-unsaturated/α-hetero) is 1. The SMILES string of the molecule is CCOC(=O)CCC(=O)CS(=O)CCOC. The molecule has 94 valence electrons. The maximum absolute atomic E-state index is 11.3. The van der Waals surface area contributed by atoms with Crippen molar-refractivity contribution in [2.45, 2.75) is 19.8 Å². The van der Waals surface area contributed by atoms with Gasteiger partial charge in [0, 0.05) is 30.1 Å². The van der Waals surface area contributed by atoms with Gasteiger partial charge in [-0.15, -0.1) is 0 Å². The first-order chi connectivity index (χ1) is 7.60. The maximum Gasteiger partial charge on any atom is 0.306 e. The van der Waals surface area contributed by atoms with Crippen molar-refractivity contribution in [1.29, 1.82) is 0 Å². The minimum Gasteiger partial charge on any atom is -0.466 e. The van der Waals surface area contributed by atoms with E-state index in [2.05, 4.69) is 4.74 Å². The van der Waals surface area contributed by atoms with E-state index in [0.29, 0.717) is 19.0 Å². The van der Waals surface area contributed by atoms with Crippen LogP contribution in [0.25, 0.3) is 0 Å². The van der Waals surface area contributed by atoms with Crippen molar-refractivity contribution in [3.8, 4) is 0 Å². The van der Waals surface area contributed by atoms with E-state index in [0.717, 1.165) is 0 Å². The topological polar surface area (TPSA) is 69.7 Å². The van der Waals surface area contributed by atoms with Gasteiger partial charge in [0.1, 0.15) is 5.78 Å². The number of hydrogen-bond donors (Lipinski definition) is 0. The number of esters is 1. The first-order valence-electron chi connectivity index (χ1n) is 5.11. The Labute approximate surface area is 97.9 Å². The molecular formula is C10H18O5S. The third-order valence-corrected chi connectivity index (χ3v) is 3.02. The van der Waals surface area contributed by atoms with Gasteiger partial charge in [0.25, 0.3) is 0 Å². The summed E-state index contributed by atoms with van der Waals surface area (Å²) >= 11 is 0. The average Bonchev–Trinajstić information content (AvgIpc) is 2.24. The molecule has 0 aromatic carbocycles. The van der Waals surface area contributed by atoms with E-state index in [1.54, 1.807) is 6.92 Å². The van der Waals surface area contributed by atoms with Crippen LogP contribution in [0.4, 0.5) is 0 Å². The summed E-state index contributed by atoms with van der Waals surface area (Å²) in [6, 6.07) is 0. The van der Waals surface area contributed by atoms with Gasteiger partial charge in [-0.05, 0) is 6.92 Å². The molecule has 0 N–H and O–H groups in total. The zero-order valence-corrected chi connectivity index (χ0v) is 10.5. The molecule has 0 saturated carbocycles. The first kappa shape index (κ1) is 15.2. The summed E-state index contributed by atoms with van der Waals surface area (Å²) < 4.78 is 20.7. The Hall–Kier alpha value is -0.750. The van der Waals surface area contributed by atoms with E-state index in [-0.39, 0.29) is 24.4 Å². The van der Waals surface area contributed by atoms with Crippen molar-refractivity contribution in [3.63, 3.8) is 0 Å². The van der Waals surface area contributed by atoms with Gasteiger partial charge >= 0.3 is 5.97 Å². The number of carbonyl (C=O) groups excluding carboxylic acids is 2. The quantitative estimate of drug-likeness (QED) is 0.550. The molecule has 0 radical (unpaired) electrons. The van der Waals surface area contributed by atoms with E-state index in [4.69, 9.17) is 4.74 Å². The monoisotopic (exact) mass is 250 g/mol. The fourth-order valence-corrected chi connectivity index (χ4v) is 1.98. The van der Waals surface area contributed by atoms with Gasteiger partial charge in [-0.1, -0.05) is 0 Å². The molecule has 6 heteroatoms. The minimum atomic E-state index is -1.20. The van der Waals surface area contributed by atoms with E-state index in [9.17, 15) is 13.8 Å². The molecule has 0 rings (SSSR count). The molecule has 0 spiro atoms. The fourth-order valence-electron chi connectivity index (χ4n) is 0.975. The second-order valence-electron chi connectivity index (χ2n) is 3.12. The summed E-state index contributed by atoms with van der Waals surface area (Å²) in [5, 5.41) is 0. The highest BCUT2D eigenvalue weighted by molar-refractivity contribution is 7.85. The molecule has 0 aromatic heterocycles. The highest BCUT2D eigenvalue weighted by Crippen LogP contribution is 1.96. The highest BCUT2D eigenvalue weighted by atomic mass is 32.2. The molecule has 1 unspecified atom stereocenters. The van der Waals surface area contributed by atoms with Gasteiger partial charge in [-0.2, -0.15) is 0 Å². The third-order valence-electron chi connectivity index (χ3n) is 1.75. The van der Waals surface area contributed by atoms with Crippen molar-refractivity contribution in [2.24, 2.45) is 0 Å². The Morgan fingerprint density at radius 2 is 1.94 bits per heavy atom. The molecule has 0 fully saturated rings. The zero-order chi connectivity index (χ0) is 12.4. The largest absolute Gasteiger partial charge is 0.466 e.